The van der Waals surface area contributed by atoms with Crippen molar-refractivity contribution in [2.75, 3.05) is 10.7 Å². The molecule has 4 nitrogen and oxygen atoms in total. The molecule has 2 N–H and O–H groups in total. The van der Waals surface area contributed by atoms with Crippen molar-refractivity contribution >= 4 is 40.7 Å². The Kier molecular flexibility index (Phi) is 7.33. The first kappa shape index (κ1) is 21.8. The minimum absolute atomic E-state index is 0.0323. The molecular formula is C22H24ClFN2O2S. The molecule has 2 aromatic rings. The summed E-state index contributed by atoms with van der Waals surface area (Å²) in [5, 5.41) is 0.602. The first-order valence-corrected chi connectivity index (χ1v) is 11.1. The minimum atomic E-state index is -0.702. The molecule has 29 heavy (non-hydrogen) atoms. The van der Waals surface area contributed by atoms with E-state index in [9.17, 15) is 14.0 Å². The number of carbonyl (C=O) groups excluding carboxylic acids is 2. The molecule has 1 aliphatic heterocycles. The number of hydrogen-bond donors (Lipinski definition) is 1. The largest absolute Gasteiger partial charge is 0.319 e. The molecular weight excluding hydrogens is 411 g/mol. The predicted octanol–water partition coefficient (Wildman–Crippen LogP) is 5.21. The van der Waals surface area contributed by atoms with E-state index in [-0.39, 0.29) is 23.8 Å². The molecule has 0 aliphatic carbocycles. The van der Waals surface area contributed by atoms with Crippen LogP contribution in [0.4, 0.5) is 10.1 Å². The lowest BCUT2D eigenvalue weighted by Gasteiger charge is -2.25. The maximum atomic E-state index is 14.7. The minimum Gasteiger partial charge on any atom is -0.319 e. The van der Waals surface area contributed by atoms with Crippen molar-refractivity contribution in [3.63, 3.8) is 0 Å². The summed E-state index contributed by atoms with van der Waals surface area (Å²) < 4.78 is 14.7. The second kappa shape index (κ2) is 9.74. The number of amides is 1. The van der Waals surface area contributed by atoms with Gasteiger partial charge in [0.1, 0.15) is 5.82 Å². The summed E-state index contributed by atoms with van der Waals surface area (Å²) in [7, 11) is 0. The van der Waals surface area contributed by atoms with E-state index in [1.54, 1.807) is 17.0 Å². The molecule has 0 saturated heterocycles. The fourth-order valence-corrected chi connectivity index (χ4v) is 4.39. The molecule has 3 rings (SSSR count). The van der Waals surface area contributed by atoms with Crippen LogP contribution in [0.15, 0.2) is 41.3 Å². The Morgan fingerprint density at radius 3 is 2.69 bits per heavy atom. The van der Waals surface area contributed by atoms with Crippen LogP contribution >= 0.6 is 23.4 Å². The van der Waals surface area contributed by atoms with E-state index in [4.69, 9.17) is 17.3 Å². The van der Waals surface area contributed by atoms with Gasteiger partial charge in [0.25, 0.3) is 0 Å². The molecule has 0 unspecified atom stereocenters. The van der Waals surface area contributed by atoms with Crippen molar-refractivity contribution in [1.29, 1.82) is 0 Å². The van der Waals surface area contributed by atoms with Crippen LogP contribution in [0.25, 0.3) is 0 Å². The van der Waals surface area contributed by atoms with Crippen LogP contribution in [0.3, 0.4) is 0 Å². The number of nitrogens with two attached hydrogens (primary N) is 1. The third kappa shape index (κ3) is 5.18. The van der Waals surface area contributed by atoms with Gasteiger partial charge in [0.15, 0.2) is 5.78 Å². The zero-order valence-electron chi connectivity index (χ0n) is 16.3. The van der Waals surface area contributed by atoms with Gasteiger partial charge in [-0.2, -0.15) is 0 Å². The number of hydrogen-bond acceptors (Lipinski definition) is 4. The topological polar surface area (TPSA) is 63.4 Å². The lowest BCUT2D eigenvalue weighted by atomic mass is 10.0. The number of thioether (sulfide) groups is 1. The summed E-state index contributed by atoms with van der Waals surface area (Å²) in [5.74, 6) is -0.683. The first-order chi connectivity index (χ1) is 13.9. The lowest BCUT2D eigenvalue weighted by Crippen LogP contribution is -2.44. The highest BCUT2D eigenvalue weighted by Gasteiger charge is 2.30. The maximum absolute atomic E-state index is 14.7. The van der Waals surface area contributed by atoms with Gasteiger partial charge in [0.2, 0.25) is 5.91 Å². The van der Waals surface area contributed by atoms with Crippen LogP contribution < -0.4 is 10.6 Å². The predicted molar refractivity (Wildman–Crippen MR) is 116 cm³/mol. The van der Waals surface area contributed by atoms with E-state index in [0.29, 0.717) is 27.8 Å². The van der Waals surface area contributed by atoms with Gasteiger partial charge in [0, 0.05) is 22.1 Å². The van der Waals surface area contributed by atoms with Crippen molar-refractivity contribution < 1.29 is 14.0 Å². The number of benzene rings is 2. The van der Waals surface area contributed by atoms with E-state index in [1.165, 1.54) is 23.9 Å². The molecule has 0 spiro atoms. The number of rotatable bonds is 7. The van der Waals surface area contributed by atoms with Crippen LogP contribution in [0.2, 0.25) is 5.02 Å². The number of fused-ring (bicyclic) bond motifs is 1. The quantitative estimate of drug-likeness (QED) is 0.480. The zero-order chi connectivity index (χ0) is 21.0. The molecule has 1 amide bonds. The third-order valence-electron chi connectivity index (χ3n) is 4.90. The third-order valence-corrected chi connectivity index (χ3v) is 6.32. The summed E-state index contributed by atoms with van der Waals surface area (Å²) in [5.41, 5.74) is 7.48. The number of nitrogens with zero attached hydrogens (tertiary/aromatic N) is 1. The molecule has 0 radical (unpaired) electrons. The molecule has 1 aliphatic rings. The van der Waals surface area contributed by atoms with Gasteiger partial charge in [-0.1, -0.05) is 43.5 Å². The zero-order valence-corrected chi connectivity index (χ0v) is 17.9. The Balaban J connectivity index is 1.98. The fraction of sp³-hybridized carbons (Fsp3) is 0.364. The van der Waals surface area contributed by atoms with Crippen molar-refractivity contribution in [2.45, 2.75) is 50.1 Å². The Hall–Kier alpha value is -1.89. The second-order valence-corrected chi connectivity index (χ2v) is 8.65. The van der Waals surface area contributed by atoms with Gasteiger partial charge in [-0.25, -0.2) is 4.39 Å². The summed E-state index contributed by atoms with van der Waals surface area (Å²) in [6.07, 6.45) is 2.92. The van der Waals surface area contributed by atoms with Crippen molar-refractivity contribution in [1.82, 2.24) is 0 Å². The molecule has 0 aromatic heterocycles. The number of halogens is 2. The van der Waals surface area contributed by atoms with Gasteiger partial charge in [-0.15, -0.1) is 11.8 Å². The summed E-state index contributed by atoms with van der Waals surface area (Å²) >= 11 is 7.29. The number of Topliss-reactive ketones (excluding diaryl/α,β-unsaturated/α-hetero) is 1. The molecule has 0 bridgehead atoms. The highest BCUT2D eigenvalue weighted by Crippen LogP contribution is 2.37. The average molecular weight is 435 g/mol. The Morgan fingerprint density at radius 1 is 1.28 bits per heavy atom. The smallest absolute Gasteiger partial charge is 0.245 e. The van der Waals surface area contributed by atoms with Crippen LogP contribution in [0.1, 0.15) is 48.5 Å². The molecule has 154 valence electrons. The van der Waals surface area contributed by atoms with Gasteiger partial charge >= 0.3 is 0 Å². The molecule has 2 aromatic carbocycles. The number of unbranched alkanes of at least 4 members (excludes halogenated alkanes) is 2. The van der Waals surface area contributed by atoms with Gasteiger partial charge in [-0.05, 0) is 36.2 Å². The summed E-state index contributed by atoms with van der Waals surface area (Å²) in [4.78, 5) is 27.7. The van der Waals surface area contributed by atoms with E-state index >= 15 is 0 Å². The van der Waals surface area contributed by atoms with E-state index in [2.05, 4.69) is 0 Å². The average Bonchev–Trinajstić information content (AvgIpc) is 2.81. The van der Waals surface area contributed by atoms with E-state index in [0.717, 1.165) is 24.8 Å². The monoisotopic (exact) mass is 434 g/mol. The van der Waals surface area contributed by atoms with Crippen LogP contribution in [0.5, 0.6) is 0 Å². The molecule has 7 heteroatoms. The highest BCUT2D eigenvalue weighted by molar-refractivity contribution is 7.99. The van der Waals surface area contributed by atoms with Crippen LogP contribution in [-0.4, -0.2) is 23.5 Å². The number of anilines is 1. The summed E-state index contributed by atoms with van der Waals surface area (Å²) in [6, 6.07) is 9.33. The highest BCUT2D eigenvalue weighted by atomic mass is 35.5. The Bertz CT molecular complexity index is 904. The second-order valence-electron chi connectivity index (χ2n) is 7.15. The number of ketones is 1. The van der Waals surface area contributed by atoms with Crippen molar-refractivity contribution in [3.8, 4) is 0 Å². The van der Waals surface area contributed by atoms with Gasteiger partial charge in [-0.3, -0.25) is 9.59 Å². The fourth-order valence-electron chi connectivity index (χ4n) is 3.26. The molecule has 1 atom stereocenters. The lowest BCUT2D eigenvalue weighted by molar-refractivity contribution is -0.119. The van der Waals surface area contributed by atoms with Crippen LogP contribution in [0, 0.1) is 5.82 Å². The Labute approximate surface area is 179 Å². The SMILES string of the molecule is CCCCCC(=O)c1cc2c(cc1F)SC[C@H](N)C(=O)N2Cc1ccc(Cl)cc1. The molecule has 0 saturated carbocycles. The maximum Gasteiger partial charge on any atom is 0.245 e. The van der Waals surface area contributed by atoms with Crippen molar-refractivity contribution in [2.24, 2.45) is 5.73 Å². The molecule has 1 heterocycles. The summed E-state index contributed by atoms with van der Waals surface area (Å²) in [6.45, 7) is 2.32. The van der Waals surface area contributed by atoms with E-state index in [1.807, 2.05) is 19.1 Å². The van der Waals surface area contributed by atoms with Gasteiger partial charge < -0.3 is 10.6 Å². The normalized spacial score (nSPS) is 16.5. The van der Waals surface area contributed by atoms with E-state index < -0.39 is 11.9 Å². The first-order valence-electron chi connectivity index (χ1n) is 9.71. The molecule has 0 fully saturated rings. The Morgan fingerprint density at radius 2 is 2.00 bits per heavy atom. The standard InChI is InChI=1S/C22H24ClFN2O2S/c1-2-3-4-5-20(27)16-10-19-21(11-17(16)24)29-13-18(25)22(28)26(19)12-14-6-8-15(23)9-7-14/h6-11,18H,2-5,12-13,25H2,1H3/t18-/m0/s1. The van der Waals surface area contributed by atoms with Crippen LogP contribution in [-0.2, 0) is 11.3 Å². The van der Waals surface area contributed by atoms with Crippen molar-refractivity contribution in [3.05, 3.63) is 58.4 Å². The van der Waals surface area contributed by atoms with Gasteiger partial charge in [0.05, 0.1) is 23.8 Å². The number of carbonyl (C=O) groups is 2.